The van der Waals surface area contributed by atoms with E-state index >= 15 is 0 Å². The van der Waals surface area contributed by atoms with Gasteiger partial charge in [-0.3, -0.25) is 0 Å². The third-order valence-corrected chi connectivity index (χ3v) is 5.22. The fourth-order valence-corrected chi connectivity index (χ4v) is 3.89. The predicted molar refractivity (Wildman–Crippen MR) is 83.9 cm³/mol. The summed E-state index contributed by atoms with van der Waals surface area (Å²) in [5, 5.41) is 1.48. The fourth-order valence-electron chi connectivity index (χ4n) is 3.42. The molecule has 0 spiro atoms. The molecule has 1 aromatic rings. The highest BCUT2D eigenvalue weighted by Gasteiger charge is 2.35. The van der Waals surface area contributed by atoms with Gasteiger partial charge in [0.1, 0.15) is 0 Å². The van der Waals surface area contributed by atoms with Gasteiger partial charge in [-0.25, -0.2) is 0 Å². The van der Waals surface area contributed by atoms with E-state index in [2.05, 4.69) is 13.0 Å². The summed E-state index contributed by atoms with van der Waals surface area (Å²) >= 11 is 12.3. The minimum atomic E-state index is 0.233. The Morgan fingerprint density at radius 2 is 2.16 bits per heavy atom. The van der Waals surface area contributed by atoms with E-state index in [1.165, 1.54) is 37.7 Å². The van der Waals surface area contributed by atoms with Gasteiger partial charge in [-0.2, -0.15) is 0 Å². The van der Waals surface area contributed by atoms with Crippen LogP contribution >= 0.6 is 23.2 Å². The van der Waals surface area contributed by atoms with Crippen LogP contribution in [-0.2, 0) is 6.42 Å². The number of benzene rings is 1. The molecule has 1 saturated carbocycles. The van der Waals surface area contributed by atoms with Crippen LogP contribution in [0.3, 0.4) is 0 Å². The Morgan fingerprint density at radius 1 is 1.37 bits per heavy atom. The lowest BCUT2D eigenvalue weighted by Crippen LogP contribution is -2.37. The average Bonchev–Trinajstić information content (AvgIpc) is 2.42. The third kappa shape index (κ3) is 3.65. The molecule has 0 aromatic heterocycles. The number of rotatable bonds is 4. The van der Waals surface area contributed by atoms with Crippen molar-refractivity contribution in [3.05, 3.63) is 33.8 Å². The molecule has 0 bridgehead atoms. The molecule has 2 atom stereocenters. The molecular formula is C16H23Cl2N. The fraction of sp³-hybridized carbons (Fsp3) is 0.625. The second-order valence-corrected chi connectivity index (χ2v) is 6.83. The van der Waals surface area contributed by atoms with Gasteiger partial charge in [0.2, 0.25) is 0 Å². The van der Waals surface area contributed by atoms with Crippen LogP contribution in [0.5, 0.6) is 0 Å². The highest BCUT2D eigenvalue weighted by Crippen LogP contribution is 2.43. The Morgan fingerprint density at radius 3 is 2.79 bits per heavy atom. The quantitative estimate of drug-likeness (QED) is 0.824. The van der Waals surface area contributed by atoms with Crippen LogP contribution in [0.25, 0.3) is 0 Å². The molecule has 0 amide bonds. The van der Waals surface area contributed by atoms with Crippen LogP contribution in [-0.4, -0.2) is 6.54 Å². The molecule has 0 heterocycles. The van der Waals surface area contributed by atoms with Gasteiger partial charge in [-0.05, 0) is 54.8 Å². The molecule has 2 unspecified atom stereocenters. The van der Waals surface area contributed by atoms with Gasteiger partial charge in [-0.1, -0.05) is 55.5 Å². The van der Waals surface area contributed by atoms with Crippen molar-refractivity contribution in [3.63, 3.8) is 0 Å². The minimum Gasteiger partial charge on any atom is -0.330 e. The Hall–Kier alpha value is -0.240. The summed E-state index contributed by atoms with van der Waals surface area (Å²) in [5.74, 6) is 0.823. The van der Waals surface area contributed by atoms with Crippen LogP contribution in [0.4, 0.5) is 0 Å². The van der Waals surface area contributed by atoms with Crippen molar-refractivity contribution in [1.29, 1.82) is 0 Å². The monoisotopic (exact) mass is 299 g/mol. The van der Waals surface area contributed by atoms with Crippen molar-refractivity contribution in [1.82, 2.24) is 0 Å². The van der Waals surface area contributed by atoms with Gasteiger partial charge in [0.15, 0.2) is 0 Å². The molecule has 2 rings (SSSR count). The van der Waals surface area contributed by atoms with E-state index in [-0.39, 0.29) is 5.41 Å². The predicted octanol–water partition coefficient (Wildman–Crippen LogP) is 5.08. The average molecular weight is 300 g/mol. The van der Waals surface area contributed by atoms with E-state index in [4.69, 9.17) is 28.9 Å². The Balaban J connectivity index is 2.17. The van der Waals surface area contributed by atoms with Gasteiger partial charge in [0.05, 0.1) is 0 Å². The van der Waals surface area contributed by atoms with Crippen molar-refractivity contribution in [2.45, 2.75) is 45.4 Å². The summed E-state index contributed by atoms with van der Waals surface area (Å²) in [6.07, 6.45) is 7.34. The van der Waals surface area contributed by atoms with Crippen LogP contribution < -0.4 is 5.73 Å². The smallest absolute Gasteiger partial charge is 0.0453 e. The van der Waals surface area contributed by atoms with Crippen LogP contribution in [0.15, 0.2) is 18.2 Å². The molecular weight excluding hydrogens is 277 g/mol. The second-order valence-electron chi connectivity index (χ2n) is 5.99. The molecule has 19 heavy (non-hydrogen) atoms. The maximum absolute atomic E-state index is 6.31. The van der Waals surface area contributed by atoms with Crippen molar-refractivity contribution in [3.8, 4) is 0 Å². The molecule has 3 heteroatoms. The Kier molecular flexibility index (Phi) is 5.16. The summed E-state index contributed by atoms with van der Waals surface area (Å²) in [7, 11) is 0. The third-order valence-electron chi connectivity index (χ3n) is 4.63. The van der Waals surface area contributed by atoms with Crippen molar-refractivity contribution in [2.24, 2.45) is 17.1 Å². The molecule has 1 aliphatic carbocycles. The first kappa shape index (κ1) is 15.2. The molecule has 0 radical (unpaired) electrons. The highest BCUT2D eigenvalue weighted by molar-refractivity contribution is 6.35. The number of halogens is 2. The summed E-state index contributed by atoms with van der Waals surface area (Å²) < 4.78 is 0. The largest absolute Gasteiger partial charge is 0.330 e. The van der Waals surface area contributed by atoms with Crippen LogP contribution in [0, 0.1) is 11.3 Å². The van der Waals surface area contributed by atoms with E-state index in [0.29, 0.717) is 5.02 Å². The highest BCUT2D eigenvalue weighted by atomic mass is 35.5. The number of hydrogen-bond acceptors (Lipinski definition) is 1. The first-order valence-electron chi connectivity index (χ1n) is 7.22. The van der Waals surface area contributed by atoms with Crippen molar-refractivity contribution in [2.75, 3.05) is 6.54 Å². The van der Waals surface area contributed by atoms with Gasteiger partial charge in [0, 0.05) is 10.0 Å². The van der Waals surface area contributed by atoms with Crippen molar-refractivity contribution >= 4 is 23.2 Å². The van der Waals surface area contributed by atoms with Gasteiger partial charge in [-0.15, -0.1) is 0 Å². The summed E-state index contributed by atoms with van der Waals surface area (Å²) in [4.78, 5) is 0. The van der Waals surface area contributed by atoms with Crippen LogP contribution in [0.1, 0.15) is 44.6 Å². The van der Waals surface area contributed by atoms with E-state index < -0.39 is 0 Å². The zero-order chi connectivity index (χ0) is 13.9. The van der Waals surface area contributed by atoms with E-state index in [9.17, 15) is 0 Å². The van der Waals surface area contributed by atoms with Crippen LogP contribution in [0.2, 0.25) is 10.0 Å². The first-order chi connectivity index (χ1) is 9.08. The molecule has 1 nitrogen and oxygen atoms in total. The summed E-state index contributed by atoms with van der Waals surface area (Å²) in [6.45, 7) is 3.04. The molecule has 1 aliphatic rings. The normalized spacial score (nSPS) is 27.5. The Labute approximate surface area is 126 Å². The molecule has 1 aromatic carbocycles. The van der Waals surface area contributed by atoms with Gasteiger partial charge >= 0.3 is 0 Å². The number of hydrogen-bond donors (Lipinski definition) is 1. The molecule has 0 saturated heterocycles. The van der Waals surface area contributed by atoms with E-state index in [1.54, 1.807) is 0 Å². The molecule has 0 aliphatic heterocycles. The lowest BCUT2D eigenvalue weighted by atomic mass is 9.66. The first-order valence-corrected chi connectivity index (χ1v) is 7.98. The van der Waals surface area contributed by atoms with E-state index in [0.717, 1.165) is 23.9 Å². The topological polar surface area (TPSA) is 26.0 Å². The zero-order valence-corrected chi connectivity index (χ0v) is 13.1. The zero-order valence-electron chi connectivity index (χ0n) is 11.6. The SMILES string of the molecule is CCC1CCCC(CN)(Cc2ccc(Cl)cc2Cl)C1. The van der Waals surface area contributed by atoms with Gasteiger partial charge < -0.3 is 5.73 Å². The second kappa shape index (κ2) is 6.47. The minimum absolute atomic E-state index is 0.233. The molecule has 1 fully saturated rings. The lowest BCUT2D eigenvalue weighted by Gasteiger charge is -2.40. The number of nitrogens with two attached hydrogens (primary N) is 1. The lowest BCUT2D eigenvalue weighted by molar-refractivity contribution is 0.142. The molecule has 2 N–H and O–H groups in total. The standard InChI is InChI=1S/C16H23Cl2N/c1-2-12-4-3-7-16(9-12,11-19)10-13-5-6-14(17)8-15(13)18/h5-6,8,12H,2-4,7,9-11,19H2,1H3. The van der Waals surface area contributed by atoms with Crippen molar-refractivity contribution < 1.29 is 0 Å². The maximum atomic E-state index is 6.31. The molecule has 106 valence electrons. The van der Waals surface area contributed by atoms with E-state index in [1.807, 2.05) is 12.1 Å². The Bertz CT molecular complexity index is 433. The maximum Gasteiger partial charge on any atom is 0.0453 e. The summed E-state index contributed by atoms with van der Waals surface area (Å²) in [5.41, 5.74) is 7.53. The summed E-state index contributed by atoms with van der Waals surface area (Å²) in [6, 6.07) is 5.81. The van der Waals surface area contributed by atoms with Gasteiger partial charge in [0.25, 0.3) is 0 Å².